The molecule has 0 aliphatic carbocycles. The molecule has 2 aromatic heterocycles. The monoisotopic (exact) mass is 371 g/mol. The molecule has 0 saturated carbocycles. The van der Waals surface area contributed by atoms with Gasteiger partial charge < -0.3 is 0 Å². The summed E-state index contributed by atoms with van der Waals surface area (Å²) in [6.07, 6.45) is 0. The molecular formula is C23H14ClNS. The average molecular weight is 372 g/mol. The lowest BCUT2D eigenvalue weighted by atomic mass is 9.95. The van der Waals surface area contributed by atoms with Crippen molar-refractivity contribution >= 4 is 44.6 Å². The van der Waals surface area contributed by atoms with Crippen molar-refractivity contribution in [3.05, 3.63) is 89.3 Å². The second kappa shape index (κ2) is 6.24. The maximum Gasteiger partial charge on any atom is 0.0815 e. The van der Waals surface area contributed by atoms with Crippen LogP contribution in [0.2, 0.25) is 5.02 Å². The molecule has 0 unspecified atom stereocenters. The van der Waals surface area contributed by atoms with E-state index in [0.29, 0.717) is 0 Å². The van der Waals surface area contributed by atoms with E-state index in [1.54, 1.807) is 11.3 Å². The topological polar surface area (TPSA) is 12.9 Å². The molecule has 124 valence electrons. The van der Waals surface area contributed by atoms with Crippen molar-refractivity contribution in [3.63, 3.8) is 0 Å². The van der Waals surface area contributed by atoms with Crippen LogP contribution in [-0.4, -0.2) is 4.98 Å². The van der Waals surface area contributed by atoms with Crippen LogP contribution in [0.15, 0.2) is 84.2 Å². The lowest BCUT2D eigenvalue weighted by Crippen LogP contribution is -1.90. The highest BCUT2D eigenvalue weighted by atomic mass is 35.5. The van der Waals surface area contributed by atoms with Crippen molar-refractivity contribution in [2.24, 2.45) is 0 Å². The summed E-state index contributed by atoms with van der Waals surface area (Å²) in [7, 11) is 0. The molecule has 5 rings (SSSR count). The molecule has 3 aromatic carbocycles. The van der Waals surface area contributed by atoms with Crippen LogP contribution in [0.1, 0.15) is 0 Å². The van der Waals surface area contributed by atoms with Gasteiger partial charge in [-0.1, -0.05) is 60.1 Å². The molecule has 0 N–H and O–H groups in total. The van der Waals surface area contributed by atoms with Gasteiger partial charge in [-0.15, -0.1) is 11.3 Å². The number of benzene rings is 3. The third kappa shape index (κ3) is 2.59. The first-order valence-corrected chi connectivity index (χ1v) is 9.68. The molecule has 0 aliphatic rings. The summed E-state index contributed by atoms with van der Waals surface area (Å²) < 4.78 is 0. The number of aromatic nitrogens is 1. The number of fused-ring (bicyclic) bond motifs is 3. The van der Waals surface area contributed by atoms with E-state index in [2.05, 4.69) is 66.0 Å². The third-order valence-corrected chi connectivity index (χ3v) is 5.74. The molecule has 0 saturated heterocycles. The molecule has 3 heteroatoms. The molecular weight excluding hydrogens is 358 g/mol. The first-order valence-electron chi connectivity index (χ1n) is 8.42. The summed E-state index contributed by atoms with van der Waals surface area (Å²) in [5.41, 5.74) is 4.28. The van der Waals surface area contributed by atoms with E-state index in [1.165, 1.54) is 21.0 Å². The van der Waals surface area contributed by atoms with Crippen LogP contribution in [0.3, 0.4) is 0 Å². The van der Waals surface area contributed by atoms with Gasteiger partial charge in [-0.05, 0) is 57.6 Å². The summed E-state index contributed by atoms with van der Waals surface area (Å²) in [5, 5.41) is 6.43. The Hall–Kier alpha value is -2.68. The summed E-state index contributed by atoms with van der Waals surface area (Å²) >= 11 is 8.00. The Kier molecular flexibility index (Phi) is 3.74. The molecule has 2 heterocycles. The second-order valence-corrected chi connectivity index (χ2v) is 7.61. The SMILES string of the molecule is Clc1cccc(-c2cc(-c3cccs3)nc3ccc4ccccc4c23)c1. The van der Waals surface area contributed by atoms with Gasteiger partial charge in [-0.3, -0.25) is 0 Å². The van der Waals surface area contributed by atoms with Crippen LogP contribution in [0.25, 0.3) is 43.4 Å². The van der Waals surface area contributed by atoms with Crippen molar-refractivity contribution in [2.45, 2.75) is 0 Å². The van der Waals surface area contributed by atoms with Gasteiger partial charge in [-0.25, -0.2) is 4.98 Å². The Balaban J connectivity index is 1.93. The summed E-state index contributed by atoms with van der Waals surface area (Å²) in [5.74, 6) is 0. The summed E-state index contributed by atoms with van der Waals surface area (Å²) in [6, 6.07) is 27.1. The maximum atomic E-state index is 6.29. The first kappa shape index (κ1) is 15.6. The predicted molar refractivity (Wildman–Crippen MR) is 113 cm³/mol. The molecule has 5 aromatic rings. The highest BCUT2D eigenvalue weighted by molar-refractivity contribution is 7.13. The lowest BCUT2D eigenvalue weighted by Gasteiger charge is -2.12. The van der Waals surface area contributed by atoms with E-state index >= 15 is 0 Å². The predicted octanol–water partition coefficient (Wildman–Crippen LogP) is 7.44. The van der Waals surface area contributed by atoms with E-state index in [0.717, 1.165) is 27.4 Å². The van der Waals surface area contributed by atoms with E-state index in [9.17, 15) is 0 Å². The van der Waals surface area contributed by atoms with Crippen molar-refractivity contribution in [1.82, 2.24) is 4.98 Å². The Labute approximate surface area is 160 Å². The first-order chi connectivity index (χ1) is 12.8. The summed E-state index contributed by atoms with van der Waals surface area (Å²) in [4.78, 5) is 6.12. The molecule has 0 aliphatic heterocycles. The highest BCUT2D eigenvalue weighted by Gasteiger charge is 2.13. The fourth-order valence-electron chi connectivity index (χ4n) is 3.44. The quantitative estimate of drug-likeness (QED) is 0.294. The highest BCUT2D eigenvalue weighted by Crippen LogP contribution is 2.37. The number of rotatable bonds is 2. The zero-order chi connectivity index (χ0) is 17.5. The molecule has 0 radical (unpaired) electrons. The minimum atomic E-state index is 0.741. The maximum absolute atomic E-state index is 6.29. The largest absolute Gasteiger partial charge is 0.247 e. The van der Waals surface area contributed by atoms with Gasteiger partial charge in [0.25, 0.3) is 0 Å². The molecule has 0 bridgehead atoms. The minimum absolute atomic E-state index is 0.741. The van der Waals surface area contributed by atoms with Crippen molar-refractivity contribution in [3.8, 4) is 21.7 Å². The molecule has 26 heavy (non-hydrogen) atoms. The average Bonchev–Trinajstić information content (AvgIpc) is 3.22. The van der Waals surface area contributed by atoms with Crippen LogP contribution in [0.4, 0.5) is 0 Å². The number of halogens is 1. The van der Waals surface area contributed by atoms with Gasteiger partial charge in [0.1, 0.15) is 0 Å². The van der Waals surface area contributed by atoms with Gasteiger partial charge in [0.2, 0.25) is 0 Å². The molecule has 1 nitrogen and oxygen atoms in total. The van der Waals surface area contributed by atoms with Gasteiger partial charge >= 0.3 is 0 Å². The van der Waals surface area contributed by atoms with Crippen LogP contribution >= 0.6 is 22.9 Å². The zero-order valence-corrected chi connectivity index (χ0v) is 15.4. The van der Waals surface area contributed by atoms with Gasteiger partial charge in [0.15, 0.2) is 0 Å². The number of hydrogen-bond acceptors (Lipinski definition) is 2. The number of pyridine rings is 1. The molecule has 0 spiro atoms. The van der Waals surface area contributed by atoms with E-state index in [4.69, 9.17) is 16.6 Å². The van der Waals surface area contributed by atoms with Crippen molar-refractivity contribution in [2.75, 3.05) is 0 Å². The molecule has 0 atom stereocenters. The third-order valence-electron chi connectivity index (χ3n) is 4.61. The van der Waals surface area contributed by atoms with Crippen LogP contribution in [0.5, 0.6) is 0 Å². The van der Waals surface area contributed by atoms with Crippen LogP contribution in [-0.2, 0) is 0 Å². The Morgan fingerprint density at radius 1 is 0.808 bits per heavy atom. The van der Waals surface area contributed by atoms with E-state index in [1.807, 2.05) is 18.2 Å². The van der Waals surface area contributed by atoms with Crippen LogP contribution in [0, 0.1) is 0 Å². The Morgan fingerprint density at radius 2 is 1.73 bits per heavy atom. The van der Waals surface area contributed by atoms with Gasteiger partial charge in [-0.2, -0.15) is 0 Å². The second-order valence-electron chi connectivity index (χ2n) is 6.22. The van der Waals surface area contributed by atoms with Gasteiger partial charge in [0, 0.05) is 10.4 Å². The van der Waals surface area contributed by atoms with Crippen molar-refractivity contribution < 1.29 is 0 Å². The normalized spacial score (nSPS) is 11.3. The van der Waals surface area contributed by atoms with E-state index < -0.39 is 0 Å². The van der Waals surface area contributed by atoms with Crippen molar-refractivity contribution in [1.29, 1.82) is 0 Å². The molecule has 0 fully saturated rings. The number of hydrogen-bond donors (Lipinski definition) is 0. The lowest BCUT2D eigenvalue weighted by molar-refractivity contribution is 1.42. The van der Waals surface area contributed by atoms with Crippen LogP contribution < -0.4 is 0 Å². The minimum Gasteiger partial charge on any atom is -0.247 e. The Morgan fingerprint density at radius 3 is 2.58 bits per heavy atom. The van der Waals surface area contributed by atoms with E-state index in [-0.39, 0.29) is 0 Å². The Bertz CT molecular complexity index is 1240. The molecule has 0 amide bonds. The smallest absolute Gasteiger partial charge is 0.0815 e. The number of thiophene rings is 1. The fraction of sp³-hybridized carbons (Fsp3) is 0. The zero-order valence-electron chi connectivity index (χ0n) is 13.8. The fourth-order valence-corrected chi connectivity index (χ4v) is 4.32. The van der Waals surface area contributed by atoms with Gasteiger partial charge in [0.05, 0.1) is 16.1 Å². The summed E-state index contributed by atoms with van der Waals surface area (Å²) in [6.45, 7) is 0. The standard InChI is InChI=1S/C23H14ClNS/c24-17-7-3-6-16(13-17)19-14-21(22-9-4-12-26-22)25-20-11-10-15-5-1-2-8-18(15)23(19)20/h1-14H. The number of nitrogens with zero attached hydrogens (tertiary/aromatic N) is 1.